The summed E-state index contributed by atoms with van der Waals surface area (Å²) in [4.78, 5) is 6.73. The lowest BCUT2D eigenvalue weighted by molar-refractivity contribution is 0.536. The Bertz CT molecular complexity index is 325. The van der Waals surface area contributed by atoms with Gasteiger partial charge in [-0.05, 0) is 37.5 Å². The van der Waals surface area contributed by atoms with Gasteiger partial charge in [0, 0.05) is 13.1 Å². The fourth-order valence-electron chi connectivity index (χ4n) is 1.71. The van der Waals surface area contributed by atoms with Gasteiger partial charge in [0.25, 0.3) is 0 Å². The van der Waals surface area contributed by atoms with E-state index in [2.05, 4.69) is 28.9 Å². The maximum absolute atomic E-state index is 4.45. The Morgan fingerprint density at radius 1 is 1.29 bits per heavy atom. The van der Waals surface area contributed by atoms with Gasteiger partial charge < -0.3 is 4.90 Å². The van der Waals surface area contributed by atoms with Crippen molar-refractivity contribution in [2.75, 3.05) is 13.1 Å². The molecule has 74 valence electrons. The monoisotopic (exact) mass is 188 g/mol. The lowest BCUT2D eigenvalue weighted by atomic mass is 10.2. The van der Waals surface area contributed by atoms with Gasteiger partial charge in [-0.1, -0.05) is 12.1 Å². The van der Waals surface area contributed by atoms with Crippen molar-refractivity contribution < 1.29 is 0 Å². The van der Waals surface area contributed by atoms with E-state index in [1.807, 2.05) is 18.5 Å². The molecule has 1 aromatic rings. The number of benzene rings is 1. The van der Waals surface area contributed by atoms with Crippen LogP contribution in [0.15, 0.2) is 29.3 Å². The standard InChI is InChI=1S/C12H16N2/c1-11-5-4-6-12(9-11)13-10-14-7-2-3-8-14/h4-6,9-10H,2-3,7-8H2,1H3. The molecule has 0 atom stereocenters. The molecule has 0 aliphatic carbocycles. The molecule has 0 radical (unpaired) electrons. The van der Waals surface area contributed by atoms with Crippen LogP contribution in [0, 0.1) is 6.92 Å². The molecule has 2 rings (SSSR count). The van der Waals surface area contributed by atoms with Crippen LogP contribution in [0.25, 0.3) is 0 Å². The Kier molecular flexibility index (Phi) is 2.82. The number of hydrogen-bond donors (Lipinski definition) is 0. The van der Waals surface area contributed by atoms with Crippen LogP contribution < -0.4 is 0 Å². The van der Waals surface area contributed by atoms with Crippen LogP contribution in [0.3, 0.4) is 0 Å². The van der Waals surface area contributed by atoms with Crippen LogP contribution >= 0.6 is 0 Å². The smallest absolute Gasteiger partial charge is 0.0912 e. The third-order valence-corrected chi connectivity index (χ3v) is 2.51. The third-order valence-electron chi connectivity index (χ3n) is 2.51. The number of rotatable bonds is 2. The molecule has 14 heavy (non-hydrogen) atoms. The molecule has 0 aromatic heterocycles. The van der Waals surface area contributed by atoms with E-state index >= 15 is 0 Å². The lowest BCUT2D eigenvalue weighted by Crippen LogP contribution is -2.15. The van der Waals surface area contributed by atoms with Gasteiger partial charge in [0.1, 0.15) is 0 Å². The van der Waals surface area contributed by atoms with Crippen molar-refractivity contribution in [3.63, 3.8) is 0 Å². The van der Waals surface area contributed by atoms with Gasteiger partial charge in [0.15, 0.2) is 0 Å². The van der Waals surface area contributed by atoms with Crippen molar-refractivity contribution in [3.8, 4) is 0 Å². The van der Waals surface area contributed by atoms with Gasteiger partial charge in [-0.15, -0.1) is 0 Å². The molecule has 0 saturated carbocycles. The minimum Gasteiger partial charge on any atom is -0.363 e. The van der Waals surface area contributed by atoms with E-state index in [1.165, 1.54) is 18.4 Å². The molecular formula is C12H16N2. The maximum Gasteiger partial charge on any atom is 0.0912 e. The fraction of sp³-hybridized carbons (Fsp3) is 0.417. The molecule has 1 aliphatic heterocycles. The quantitative estimate of drug-likeness (QED) is 0.514. The van der Waals surface area contributed by atoms with Gasteiger partial charge in [0.2, 0.25) is 0 Å². The zero-order chi connectivity index (χ0) is 9.80. The number of likely N-dealkylation sites (tertiary alicyclic amines) is 1. The summed E-state index contributed by atoms with van der Waals surface area (Å²) in [6, 6.07) is 8.28. The van der Waals surface area contributed by atoms with E-state index in [0.717, 1.165) is 18.8 Å². The zero-order valence-corrected chi connectivity index (χ0v) is 8.61. The maximum atomic E-state index is 4.45. The van der Waals surface area contributed by atoms with Crippen LogP contribution in [-0.4, -0.2) is 24.3 Å². The first kappa shape index (κ1) is 9.25. The Morgan fingerprint density at radius 2 is 2.07 bits per heavy atom. The van der Waals surface area contributed by atoms with Crippen LogP contribution in [0.2, 0.25) is 0 Å². The van der Waals surface area contributed by atoms with Crippen LogP contribution in [0.4, 0.5) is 5.69 Å². The first-order valence-corrected chi connectivity index (χ1v) is 5.19. The highest BCUT2D eigenvalue weighted by Gasteiger charge is 2.06. The Labute approximate surface area is 85.3 Å². The molecular weight excluding hydrogens is 172 g/mol. The van der Waals surface area contributed by atoms with E-state index in [4.69, 9.17) is 0 Å². The number of nitrogens with zero attached hydrogens (tertiary/aromatic N) is 2. The van der Waals surface area contributed by atoms with Crippen LogP contribution in [0.1, 0.15) is 18.4 Å². The molecule has 0 unspecified atom stereocenters. The average Bonchev–Trinajstić information content (AvgIpc) is 2.67. The molecule has 0 N–H and O–H groups in total. The molecule has 0 bridgehead atoms. The van der Waals surface area contributed by atoms with Crippen molar-refractivity contribution in [1.29, 1.82) is 0 Å². The van der Waals surface area contributed by atoms with Gasteiger partial charge in [-0.3, -0.25) is 0 Å². The lowest BCUT2D eigenvalue weighted by Gasteiger charge is -2.08. The van der Waals surface area contributed by atoms with E-state index in [0.29, 0.717) is 0 Å². The van der Waals surface area contributed by atoms with E-state index in [1.54, 1.807) is 0 Å². The average molecular weight is 188 g/mol. The Morgan fingerprint density at radius 3 is 2.79 bits per heavy atom. The highest BCUT2D eigenvalue weighted by molar-refractivity contribution is 5.61. The second-order valence-corrected chi connectivity index (χ2v) is 3.83. The predicted molar refractivity (Wildman–Crippen MR) is 60.1 cm³/mol. The second-order valence-electron chi connectivity index (χ2n) is 3.83. The van der Waals surface area contributed by atoms with Crippen LogP contribution in [-0.2, 0) is 0 Å². The predicted octanol–water partition coefficient (Wildman–Crippen LogP) is 2.75. The van der Waals surface area contributed by atoms with E-state index in [9.17, 15) is 0 Å². The van der Waals surface area contributed by atoms with Gasteiger partial charge in [-0.25, -0.2) is 4.99 Å². The Balaban J connectivity index is 2.02. The second kappa shape index (κ2) is 4.27. The SMILES string of the molecule is Cc1cccc(N=CN2CCCC2)c1. The molecule has 2 nitrogen and oxygen atoms in total. The highest BCUT2D eigenvalue weighted by Crippen LogP contribution is 2.13. The normalized spacial score (nSPS) is 16.8. The minimum absolute atomic E-state index is 1.05. The number of aryl methyl sites for hydroxylation is 1. The van der Waals surface area contributed by atoms with Crippen LogP contribution in [0.5, 0.6) is 0 Å². The molecule has 0 spiro atoms. The molecule has 1 saturated heterocycles. The number of hydrogen-bond acceptors (Lipinski definition) is 1. The van der Waals surface area contributed by atoms with Crippen molar-refractivity contribution in [3.05, 3.63) is 29.8 Å². The zero-order valence-electron chi connectivity index (χ0n) is 8.61. The van der Waals surface area contributed by atoms with E-state index < -0.39 is 0 Å². The van der Waals surface area contributed by atoms with Crippen molar-refractivity contribution in [2.24, 2.45) is 4.99 Å². The largest absolute Gasteiger partial charge is 0.363 e. The summed E-state index contributed by atoms with van der Waals surface area (Å²) in [5, 5.41) is 0. The summed E-state index contributed by atoms with van der Waals surface area (Å²) in [5.74, 6) is 0. The first-order chi connectivity index (χ1) is 6.84. The first-order valence-electron chi connectivity index (χ1n) is 5.19. The molecule has 1 aromatic carbocycles. The minimum atomic E-state index is 1.05. The highest BCUT2D eigenvalue weighted by atomic mass is 15.2. The summed E-state index contributed by atoms with van der Waals surface area (Å²) in [5.41, 5.74) is 2.32. The van der Waals surface area contributed by atoms with Crippen molar-refractivity contribution in [1.82, 2.24) is 4.90 Å². The molecule has 0 amide bonds. The Hall–Kier alpha value is -1.31. The topological polar surface area (TPSA) is 15.6 Å². The summed E-state index contributed by atoms with van der Waals surface area (Å²) in [7, 11) is 0. The molecule has 2 heteroatoms. The summed E-state index contributed by atoms with van der Waals surface area (Å²) in [6.07, 6.45) is 4.58. The van der Waals surface area contributed by atoms with Crippen molar-refractivity contribution >= 4 is 12.0 Å². The molecule has 1 heterocycles. The third kappa shape index (κ3) is 2.34. The van der Waals surface area contributed by atoms with Crippen molar-refractivity contribution in [2.45, 2.75) is 19.8 Å². The summed E-state index contributed by atoms with van der Waals surface area (Å²) < 4.78 is 0. The molecule has 1 aliphatic rings. The summed E-state index contributed by atoms with van der Waals surface area (Å²) in [6.45, 7) is 4.42. The summed E-state index contributed by atoms with van der Waals surface area (Å²) >= 11 is 0. The van der Waals surface area contributed by atoms with Gasteiger partial charge in [-0.2, -0.15) is 0 Å². The number of aliphatic imine (C=N–C) groups is 1. The fourth-order valence-corrected chi connectivity index (χ4v) is 1.71. The van der Waals surface area contributed by atoms with Gasteiger partial charge >= 0.3 is 0 Å². The van der Waals surface area contributed by atoms with Gasteiger partial charge in [0.05, 0.1) is 12.0 Å². The van der Waals surface area contributed by atoms with E-state index in [-0.39, 0.29) is 0 Å². The molecule has 1 fully saturated rings.